The highest BCUT2D eigenvalue weighted by atomic mass is 16.5. The Labute approximate surface area is 120 Å². The maximum atomic E-state index is 11.8. The van der Waals surface area contributed by atoms with Crippen LogP contribution in [0, 0.1) is 5.92 Å². The van der Waals surface area contributed by atoms with Crippen molar-refractivity contribution in [2.45, 2.75) is 25.5 Å². The van der Waals surface area contributed by atoms with Crippen molar-refractivity contribution in [3.8, 4) is 0 Å². The summed E-state index contributed by atoms with van der Waals surface area (Å²) in [6.45, 7) is 1.91. The molecule has 1 aliphatic rings. The quantitative estimate of drug-likeness (QED) is 0.586. The number of rotatable bonds is 7. The molecule has 1 amide bonds. The van der Waals surface area contributed by atoms with Crippen LogP contribution in [0.1, 0.15) is 18.4 Å². The highest BCUT2D eigenvalue weighted by molar-refractivity contribution is 5.81. The molecule has 1 aromatic carbocycles. The van der Waals surface area contributed by atoms with Gasteiger partial charge in [-0.3, -0.25) is 4.79 Å². The number of nitrogens with two attached hydrogens (primary N) is 1. The molecule has 20 heavy (non-hydrogen) atoms. The maximum absolute atomic E-state index is 11.8. The van der Waals surface area contributed by atoms with E-state index in [4.69, 9.17) is 10.5 Å². The van der Waals surface area contributed by atoms with Crippen molar-refractivity contribution < 1.29 is 9.53 Å². The van der Waals surface area contributed by atoms with Crippen LogP contribution in [0.15, 0.2) is 42.5 Å². The molecule has 2 unspecified atom stereocenters. The fourth-order valence-corrected chi connectivity index (χ4v) is 2.20. The Bertz CT molecular complexity index is 445. The largest absolute Gasteiger partial charge is 0.377 e. The molecule has 0 heterocycles. The number of benzene rings is 1. The number of ether oxygens (including phenoxy) is 1. The van der Waals surface area contributed by atoms with E-state index in [0.29, 0.717) is 19.8 Å². The average molecular weight is 274 g/mol. The number of hydrogen-bond donors (Lipinski definition) is 2. The molecule has 0 aromatic heterocycles. The molecular weight excluding hydrogens is 252 g/mol. The highest BCUT2D eigenvalue weighted by Crippen LogP contribution is 2.16. The van der Waals surface area contributed by atoms with Crippen molar-refractivity contribution in [3.63, 3.8) is 0 Å². The van der Waals surface area contributed by atoms with Gasteiger partial charge in [0, 0.05) is 19.2 Å². The molecule has 0 bridgehead atoms. The molecule has 0 aliphatic heterocycles. The summed E-state index contributed by atoms with van der Waals surface area (Å²) in [6.07, 6.45) is 5.33. The Morgan fingerprint density at radius 2 is 2.10 bits per heavy atom. The van der Waals surface area contributed by atoms with Crippen LogP contribution in [0.4, 0.5) is 0 Å². The average Bonchev–Trinajstić information content (AvgIpc) is 2.90. The van der Waals surface area contributed by atoms with Crippen LogP contribution < -0.4 is 11.1 Å². The van der Waals surface area contributed by atoms with Gasteiger partial charge in [0.15, 0.2) is 0 Å². The smallest absolute Gasteiger partial charge is 0.226 e. The van der Waals surface area contributed by atoms with Gasteiger partial charge in [-0.2, -0.15) is 0 Å². The lowest BCUT2D eigenvalue weighted by Crippen LogP contribution is -2.31. The predicted molar refractivity (Wildman–Crippen MR) is 78.9 cm³/mol. The summed E-state index contributed by atoms with van der Waals surface area (Å²) < 4.78 is 5.56. The van der Waals surface area contributed by atoms with Gasteiger partial charge in [-0.05, 0) is 18.4 Å². The van der Waals surface area contributed by atoms with Gasteiger partial charge < -0.3 is 15.8 Å². The van der Waals surface area contributed by atoms with Gasteiger partial charge in [-0.25, -0.2) is 0 Å². The first-order valence-corrected chi connectivity index (χ1v) is 7.09. The van der Waals surface area contributed by atoms with Gasteiger partial charge in [-0.1, -0.05) is 42.5 Å². The maximum Gasteiger partial charge on any atom is 0.226 e. The van der Waals surface area contributed by atoms with Crippen molar-refractivity contribution in [2.24, 2.45) is 11.7 Å². The molecule has 108 valence electrons. The Morgan fingerprint density at radius 3 is 2.80 bits per heavy atom. The summed E-state index contributed by atoms with van der Waals surface area (Å²) in [7, 11) is 0. The topological polar surface area (TPSA) is 64.4 Å². The van der Waals surface area contributed by atoms with Crippen molar-refractivity contribution in [1.82, 2.24) is 5.32 Å². The highest BCUT2D eigenvalue weighted by Gasteiger charge is 2.21. The third kappa shape index (κ3) is 4.79. The van der Waals surface area contributed by atoms with Crippen molar-refractivity contribution >= 4 is 5.91 Å². The van der Waals surface area contributed by atoms with E-state index in [1.165, 1.54) is 5.56 Å². The normalized spacial score (nSPS) is 21.1. The van der Waals surface area contributed by atoms with Crippen LogP contribution in [-0.2, 0) is 16.1 Å². The Morgan fingerprint density at radius 1 is 1.30 bits per heavy atom. The summed E-state index contributed by atoms with van der Waals surface area (Å²) in [6, 6.07) is 10.1. The van der Waals surface area contributed by atoms with Crippen LogP contribution in [0.25, 0.3) is 0 Å². The summed E-state index contributed by atoms with van der Waals surface area (Å²) in [5, 5.41) is 2.92. The Kier molecular flexibility index (Phi) is 5.77. The molecule has 3 N–H and O–H groups in total. The lowest BCUT2D eigenvalue weighted by Gasteiger charge is -2.10. The van der Waals surface area contributed by atoms with E-state index in [1.807, 2.05) is 42.5 Å². The molecule has 1 aromatic rings. The van der Waals surface area contributed by atoms with E-state index in [-0.39, 0.29) is 17.9 Å². The van der Waals surface area contributed by atoms with Crippen LogP contribution >= 0.6 is 0 Å². The summed E-state index contributed by atoms with van der Waals surface area (Å²) >= 11 is 0. The number of carbonyl (C=O) groups excluding carboxylic acids is 1. The predicted octanol–water partition coefficient (Wildman–Crippen LogP) is 1.61. The summed E-state index contributed by atoms with van der Waals surface area (Å²) in [5.41, 5.74) is 6.89. The van der Waals surface area contributed by atoms with Crippen LogP contribution in [0.5, 0.6) is 0 Å². The van der Waals surface area contributed by atoms with Gasteiger partial charge >= 0.3 is 0 Å². The van der Waals surface area contributed by atoms with Crippen LogP contribution in [0.3, 0.4) is 0 Å². The fraction of sp³-hybridized carbons (Fsp3) is 0.438. The van der Waals surface area contributed by atoms with Crippen molar-refractivity contribution in [2.75, 3.05) is 13.2 Å². The molecule has 4 heteroatoms. The molecule has 0 spiro atoms. The second kappa shape index (κ2) is 7.82. The molecule has 0 saturated carbocycles. The van der Waals surface area contributed by atoms with E-state index in [1.54, 1.807) is 0 Å². The molecule has 4 nitrogen and oxygen atoms in total. The lowest BCUT2D eigenvalue weighted by atomic mass is 10.1. The Hall–Kier alpha value is -1.65. The van der Waals surface area contributed by atoms with Gasteiger partial charge in [0.2, 0.25) is 5.91 Å². The molecule has 0 fully saturated rings. The van der Waals surface area contributed by atoms with Gasteiger partial charge in [0.05, 0.1) is 12.5 Å². The minimum atomic E-state index is -0.0600. The number of amides is 1. The van der Waals surface area contributed by atoms with E-state index < -0.39 is 0 Å². The molecular formula is C16H22N2O2. The Balaban J connectivity index is 1.51. The molecule has 0 saturated heterocycles. The van der Waals surface area contributed by atoms with Crippen molar-refractivity contribution in [3.05, 3.63) is 48.0 Å². The van der Waals surface area contributed by atoms with Crippen molar-refractivity contribution in [1.29, 1.82) is 0 Å². The third-order valence-electron chi connectivity index (χ3n) is 3.33. The number of hydrogen-bond acceptors (Lipinski definition) is 3. The minimum absolute atomic E-state index is 0.0277. The van der Waals surface area contributed by atoms with Crippen LogP contribution in [0.2, 0.25) is 0 Å². The molecule has 0 radical (unpaired) electrons. The number of carbonyl (C=O) groups is 1. The second-order valence-electron chi connectivity index (χ2n) is 5.07. The number of nitrogens with one attached hydrogen (secondary N) is 1. The minimum Gasteiger partial charge on any atom is -0.377 e. The first kappa shape index (κ1) is 14.8. The molecule has 2 rings (SSSR count). The zero-order chi connectivity index (χ0) is 14.2. The first-order chi connectivity index (χ1) is 9.75. The van der Waals surface area contributed by atoms with Gasteiger partial charge in [0.1, 0.15) is 0 Å². The third-order valence-corrected chi connectivity index (χ3v) is 3.33. The van der Waals surface area contributed by atoms with E-state index >= 15 is 0 Å². The van der Waals surface area contributed by atoms with Gasteiger partial charge in [0.25, 0.3) is 0 Å². The SMILES string of the molecule is NC1C=CC(C(=O)NCCCOCc2ccccc2)C1. The molecule has 1 aliphatic carbocycles. The lowest BCUT2D eigenvalue weighted by molar-refractivity contribution is -0.123. The van der Waals surface area contributed by atoms with E-state index in [9.17, 15) is 4.79 Å². The second-order valence-corrected chi connectivity index (χ2v) is 5.07. The van der Waals surface area contributed by atoms with E-state index in [0.717, 1.165) is 12.8 Å². The standard InChI is InChI=1S/C16H22N2O2/c17-15-8-7-14(11-15)16(19)18-9-4-10-20-12-13-5-2-1-3-6-13/h1-3,5-8,14-15H,4,9-12,17H2,(H,18,19). The first-order valence-electron chi connectivity index (χ1n) is 7.09. The van der Waals surface area contributed by atoms with Gasteiger partial charge in [-0.15, -0.1) is 0 Å². The monoisotopic (exact) mass is 274 g/mol. The summed E-state index contributed by atoms with van der Waals surface area (Å²) in [4.78, 5) is 11.8. The zero-order valence-corrected chi connectivity index (χ0v) is 11.6. The fourth-order valence-electron chi connectivity index (χ4n) is 2.20. The van der Waals surface area contributed by atoms with Crippen LogP contribution in [-0.4, -0.2) is 25.1 Å². The van der Waals surface area contributed by atoms with E-state index in [2.05, 4.69) is 5.32 Å². The zero-order valence-electron chi connectivity index (χ0n) is 11.6. The summed E-state index contributed by atoms with van der Waals surface area (Å²) in [5.74, 6) is 0.00694. The molecule has 2 atom stereocenters.